The van der Waals surface area contributed by atoms with Crippen molar-refractivity contribution in [3.8, 4) is 0 Å². The first-order valence-electron chi connectivity index (χ1n) is 10.9. The molecule has 2 amide bonds. The molecular formula is C24H30N4O3. The topological polar surface area (TPSA) is 87.9 Å². The van der Waals surface area contributed by atoms with Gasteiger partial charge in [-0.3, -0.25) is 14.5 Å². The van der Waals surface area contributed by atoms with Gasteiger partial charge in [-0.15, -0.1) is 0 Å². The van der Waals surface area contributed by atoms with Crippen LogP contribution in [0.3, 0.4) is 0 Å². The molecule has 0 bridgehead atoms. The summed E-state index contributed by atoms with van der Waals surface area (Å²) in [4.78, 5) is 28.9. The number of amides is 2. The van der Waals surface area contributed by atoms with Gasteiger partial charge in [0.05, 0.1) is 19.1 Å². The maximum absolute atomic E-state index is 12.9. The molecule has 7 nitrogen and oxygen atoms in total. The van der Waals surface area contributed by atoms with Crippen LogP contribution in [0.2, 0.25) is 0 Å². The SMILES string of the molecule is NC(=O)C1CCCN(Cc2ccccc2NC(=O)c2ccc(N3CCOCC3)cc2)C1. The Balaban J connectivity index is 1.41. The number of nitrogens with zero attached hydrogens (tertiary/aromatic N) is 2. The zero-order chi connectivity index (χ0) is 21.6. The van der Waals surface area contributed by atoms with E-state index < -0.39 is 0 Å². The fraction of sp³-hybridized carbons (Fsp3) is 0.417. The highest BCUT2D eigenvalue weighted by Crippen LogP contribution is 2.23. The number of benzene rings is 2. The lowest BCUT2D eigenvalue weighted by molar-refractivity contribution is -0.123. The highest BCUT2D eigenvalue weighted by Gasteiger charge is 2.24. The van der Waals surface area contributed by atoms with Crippen LogP contribution >= 0.6 is 0 Å². The maximum atomic E-state index is 12.9. The summed E-state index contributed by atoms with van der Waals surface area (Å²) < 4.78 is 5.40. The Morgan fingerprint density at radius 1 is 1.03 bits per heavy atom. The van der Waals surface area contributed by atoms with Crippen molar-refractivity contribution in [3.05, 3.63) is 59.7 Å². The molecule has 2 heterocycles. The summed E-state index contributed by atoms with van der Waals surface area (Å²) in [5, 5.41) is 3.06. The summed E-state index contributed by atoms with van der Waals surface area (Å²) in [5.74, 6) is -0.457. The molecule has 2 aliphatic heterocycles. The van der Waals surface area contributed by atoms with Gasteiger partial charge in [-0.25, -0.2) is 0 Å². The molecular weight excluding hydrogens is 392 g/mol. The fourth-order valence-corrected chi connectivity index (χ4v) is 4.29. The molecule has 4 rings (SSSR count). The number of carbonyl (C=O) groups is 2. The zero-order valence-electron chi connectivity index (χ0n) is 17.8. The lowest BCUT2D eigenvalue weighted by Gasteiger charge is -2.31. The van der Waals surface area contributed by atoms with Crippen LogP contribution in [0, 0.1) is 5.92 Å². The number of morpholine rings is 1. The summed E-state index contributed by atoms with van der Waals surface area (Å²) in [6.45, 7) is 5.47. The number of rotatable bonds is 6. The molecule has 31 heavy (non-hydrogen) atoms. The normalized spacial score (nSPS) is 19.7. The summed E-state index contributed by atoms with van der Waals surface area (Å²) >= 11 is 0. The Labute approximate surface area is 183 Å². The van der Waals surface area contributed by atoms with Crippen molar-refractivity contribution in [3.63, 3.8) is 0 Å². The van der Waals surface area contributed by atoms with Crippen LogP contribution in [0.15, 0.2) is 48.5 Å². The van der Waals surface area contributed by atoms with E-state index in [1.165, 1.54) is 0 Å². The molecule has 0 saturated carbocycles. The maximum Gasteiger partial charge on any atom is 0.255 e. The fourth-order valence-electron chi connectivity index (χ4n) is 4.29. The Bertz CT molecular complexity index is 909. The van der Waals surface area contributed by atoms with Crippen LogP contribution < -0.4 is 16.0 Å². The third-order valence-electron chi connectivity index (χ3n) is 6.07. The van der Waals surface area contributed by atoms with E-state index in [4.69, 9.17) is 10.5 Å². The van der Waals surface area contributed by atoms with E-state index in [0.717, 1.165) is 62.6 Å². The molecule has 0 radical (unpaired) electrons. The number of hydrogen-bond donors (Lipinski definition) is 2. The van der Waals surface area contributed by atoms with E-state index in [1.807, 2.05) is 48.5 Å². The van der Waals surface area contributed by atoms with Crippen LogP contribution in [0.4, 0.5) is 11.4 Å². The largest absolute Gasteiger partial charge is 0.378 e. The molecule has 2 aliphatic rings. The molecule has 0 spiro atoms. The number of nitrogens with one attached hydrogen (secondary N) is 1. The van der Waals surface area contributed by atoms with Crippen molar-refractivity contribution in [2.45, 2.75) is 19.4 Å². The number of ether oxygens (including phenoxy) is 1. The van der Waals surface area contributed by atoms with Crippen LogP contribution in [-0.2, 0) is 16.1 Å². The first kappa shape index (κ1) is 21.3. The van der Waals surface area contributed by atoms with Crippen molar-refractivity contribution >= 4 is 23.2 Å². The van der Waals surface area contributed by atoms with Crippen molar-refractivity contribution in [1.82, 2.24) is 4.90 Å². The van der Waals surface area contributed by atoms with Crippen molar-refractivity contribution < 1.29 is 14.3 Å². The Morgan fingerprint density at radius 2 is 1.77 bits per heavy atom. The molecule has 2 aromatic carbocycles. The van der Waals surface area contributed by atoms with E-state index >= 15 is 0 Å². The highest BCUT2D eigenvalue weighted by atomic mass is 16.5. The molecule has 0 aliphatic carbocycles. The number of carbonyl (C=O) groups excluding carboxylic acids is 2. The molecule has 164 valence electrons. The van der Waals surface area contributed by atoms with Gasteiger partial charge in [0.25, 0.3) is 5.91 Å². The smallest absolute Gasteiger partial charge is 0.255 e. The quantitative estimate of drug-likeness (QED) is 0.747. The summed E-state index contributed by atoms with van der Waals surface area (Å²) in [6, 6.07) is 15.5. The van der Waals surface area contributed by atoms with Gasteiger partial charge in [0.2, 0.25) is 5.91 Å². The van der Waals surface area contributed by atoms with E-state index in [2.05, 4.69) is 15.1 Å². The van der Waals surface area contributed by atoms with Crippen molar-refractivity contribution in [2.24, 2.45) is 11.7 Å². The predicted octanol–water partition coefficient (Wildman–Crippen LogP) is 2.47. The van der Waals surface area contributed by atoms with Gasteiger partial charge < -0.3 is 20.7 Å². The monoisotopic (exact) mass is 422 g/mol. The number of nitrogens with two attached hydrogens (primary N) is 1. The van der Waals surface area contributed by atoms with Gasteiger partial charge in [-0.1, -0.05) is 18.2 Å². The summed E-state index contributed by atoms with van der Waals surface area (Å²) in [6.07, 6.45) is 1.81. The van der Waals surface area contributed by atoms with Gasteiger partial charge in [-0.05, 0) is 55.3 Å². The van der Waals surface area contributed by atoms with Crippen LogP contribution in [0.1, 0.15) is 28.8 Å². The lowest BCUT2D eigenvalue weighted by atomic mass is 9.97. The van der Waals surface area contributed by atoms with Crippen LogP contribution in [-0.4, -0.2) is 56.1 Å². The number of likely N-dealkylation sites (tertiary alicyclic amines) is 1. The highest BCUT2D eigenvalue weighted by molar-refractivity contribution is 6.04. The lowest BCUT2D eigenvalue weighted by Crippen LogP contribution is -2.40. The van der Waals surface area contributed by atoms with E-state index in [1.54, 1.807) is 0 Å². The summed E-state index contributed by atoms with van der Waals surface area (Å²) in [7, 11) is 0. The summed E-state index contributed by atoms with van der Waals surface area (Å²) in [5.41, 5.74) is 9.07. The molecule has 3 N–H and O–H groups in total. The molecule has 7 heteroatoms. The van der Waals surface area contributed by atoms with E-state index in [0.29, 0.717) is 18.7 Å². The second kappa shape index (κ2) is 9.94. The van der Waals surface area contributed by atoms with E-state index in [-0.39, 0.29) is 17.7 Å². The van der Waals surface area contributed by atoms with E-state index in [9.17, 15) is 9.59 Å². The zero-order valence-corrected chi connectivity index (χ0v) is 17.8. The number of para-hydroxylation sites is 1. The minimum atomic E-state index is -0.230. The van der Waals surface area contributed by atoms with Gasteiger partial charge >= 0.3 is 0 Å². The third-order valence-corrected chi connectivity index (χ3v) is 6.07. The molecule has 0 aromatic heterocycles. The number of hydrogen-bond acceptors (Lipinski definition) is 5. The Hall–Kier alpha value is -2.90. The number of anilines is 2. The minimum absolute atomic E-state index is 0.0968. The average molecular weight is 423 g/mol. The van der Waals surface area contributed by atoms with Gasteiger partial charge in [0.1, 0.15) is 0 Å². The van der Waals surface area contributed by atoms with Crippen LogP contribution in [0.5, 0.6) is 0 Å². The third kappa shape index (κ3) is 5.42. The van der Waals surface area contributed by atoms with Gasteiger partial charge in [0, 0.05) is 43.1 Å². The molecule has 1 atom stereocenters. The van der Waals surface area contributed by atoms with Crippen LogP contribution in [0.25, 0.3) is 0 Å². The van der Waals surface area contributed by atoms with Crippen molar-refractivity contribution in [1.29, 1.82) is 0 Å². The van der Waals surface area contributed by atoms with Gasteiger partial charge in [-0.2, -0.15) is 0 Å². The molecule has 1 unspecified atom stereocenters. The number of primary amides is 1. The first-order valence-corrected chi connectivity index (χ1v) is 10.9. The average Bonchev–Trinajstić information content (AvgIpc) is 2.81. The second-order valence-corrected chi connectivity index (χ2v) is 8.23. The predicted molar refractivity (Wildman–Crippen MR) is 121 cm³/mol. The van der Waals surface area contributed by atoms with Gasteiger partial charge in [0.15, 0.2) is 0 Å². The minimum Gasteiger partial charge on any atom is -0.378 e. The second-order valence-electron chi connectivity index (χ2n) is 8.23. The van der Waals surface area contributed by atoms with Crippen molar-refractivity contribution in [2.75, 3.05) is 49.6 Å². The Morgan fingerprint density at radius 3 is 2.52 bits per heavy atom. The first-order chi connectivity index (χ1) is 15.1. The Kier molecular flexibility index (Phi) is 6.84. The number of piperidine rings is 1. The molecule has 2 saturated heterocycles. The molecule has 2 aromatic rings. The molecule has 2 fully saturated rings. The standard InChI is InChI=1S/C24H30N4O3/c25-23(29)20-5-3-11-27(17-20)16-19-4-1-2-6-22(19)26-24(30)18-7-9-21(10-8-18)28-12-14-31-15-13-28/h1-2,4,6-10,20H,3,5,11-17H2,(H2,25,29)(H,26,30).